The molecular formula is C13H14N6O2S. The molecule has 1 N–H and O–H groups in total. The lowest BCUT2D eigenvalue weighted by molar-refractivity contribution is 0.705. The van der Waals surface area contributed by atoms with Crippen LogP contribution in [0.3, 0.4) is 0 Å². The van der Waals surface area contributed by atoms with E-state index in [1.54, 1.807) is 36.2 Å². The van der Waals surface area contributed by atoms with Gasteiger partial charge in [0.25, 0.3) is 5.56 Å². The molecule has 3 aromatic heterocycles. The molecule has 8 nitrogen and oxygen atoms in total. The second-order valence-corrected chi connectivity index (χ2v) is 5.74. The summed E-state index contributed by atoms with van der Waals surface area (Å²) in [5.74, 6) is 0.390. The van der Waals surface area contributed by atoms with Crippen molar-refractivity contribution in [3.8, 4) is 0 Å². The fourth-order valence-electron chi connectivity index (χ4n) is 2.14. The first kappa shape index (κ1) is 14.3. The molecule has 0 amide bonds. The lowest BCUT2D eigenvalue weighted by Crippen LogP contribution is -2.37. The lowest BCUT2D eigenvalue weighted by Gasteiger charge is -2.03. The van der Waals surface area contributed by atoms with Crippen molar-refractivity contribution in [3.63, 3.8) is 0 Å². The van der Waals surface area contributed by atoms with E-state index >= 15 is 0 Å². The number of hydrogen-bond donors (Lipinski definition) is 1. The lowest BCUT2D eigenvalue weighted by atomic mass is 10.5. The summed E-state index contributed by atoms with van der Waals surface area (Å²) in [6.45, 7) is 0. The largest absolute Gasteiger partial charge is 0.332 e. The zero-order valence-corrected chi connectivity index (χ0v) is 13.1. The number of imidazole rings is 1. The van der Waals surface area contributed by atoms with E-state index in [0.717, 1.165) is 9.44 Å². The zero-order valence-electron chi connectivity index (χ0n) is 12.3. The van der Waals surface area contributed by atoms with Crippen LogP contribution in [0.5, 0.6) is 0 Å². The molecule has 0 saturated carbocycles. The van der Waals surface area contributed by atoms with Gasteiger partial charge < -0.3 is 4.57 Å². The normalized spacial score (nSPS) is 11.6. The van der Waals surface area contributed by atoms with Crippen LogP contribution in [-0.4, -0.2) is 24.9 Å². The van der Waals surface area contributed by atoms with Gasteiger partial charge in [0.15, 0.2) is 11.2 Å². The van der Waals surface area contributed by atoms with E-state index in [2.05, 4.69) is 15.5 Å². The first-order valence-corrected chi connectivity index (χ1v) is 7.33. The Morgan fingerprint density at radius 2 is 2.00 bits per heavy atom. The van der Waals surface area contributed by atoms with E-state index < -0.39 is 5.69 Å². The van der Waals surface area contributed by atoms with Gasteiger partial charge in [0.1, 0.15) is 0 Å². The van der Waals surface area contributed by atoms with Gasteiger partial charge in [0.2, 0.25) is 5.95 Å². The van der Waals surface area contributed by atoms with Crippen LogP contribution in [-0.2, 0) is 21.1 Å². The second kappa shape index (κ2) is 5.26. The molecule has 3 aromatic rings. The number of rotatable bonds is 3. The number of nitrogens with zero attached hydrogens (tertiary/aromatic N) is 5. The summed E-state index contributed by atoms with van der Waals surface area (Å²) < 4.78 is 3.98. The molecule has 0 atom stereocenters. The second-order valence-electron chi connectivity index (χ2n) is 4.76. The molecule has 9 heteroatoms. The van der Waals surface area contributed by atoms with Crippen LogP contribution in [0.4, 0.5) is 5.95 Å². The Hall–Kier alpha value is -2.68. The molecule has 0 saturated heterocycles. The Kier molecular flexibility index (Phi) is 3.41. The first-order valence-electron chi connectivity index (χ1n) is 6.45. The summed E-state index contributed by atoms with van der Waals surface area (Å²) >= 11 is 1.56. The summed E-state index contributed by atoms with van der Waals surface area (Å²) in [6, 6.07) is 3.87. The molecular weight excluding hydrogens is 304 g/mol. The van der Waals surface area contributed by atoms with Gasteiger partial charge in [-0.3, -0.25) is 13.9 Å². The van der Waals surface area contributed by atoms with Crippen molar-refractivity contribution < 1.29 is 0 Å². The number of aryl methyl sites for hydroxylation is 2. The SMILES string of the molecule is Cn1c(=O)c2c(nc(NN=Cc3cccs3)n2C)n(C)c1=O. The minimum atomic E-state index is -0.413. The molecule has 0 unspecified atom stereocenters. The van der Waals surface area contributed by atoms with Crippen LogP contribution in [0.2, 0.25) is 0 Å². The van der Waals surface area contributed by atoms with Crippen molar-refractivity contribution in [3.05, 3.63) is 43.2 Å². The van der Waals surface area contributed by atoms with Crippen molar-refractivity contribution in [2.45, 2.75) is 0 Å². The van der Waals surface area contributed by atoms with Crippen LogP contribution in [0.25, 0.3) is 11.2 Å². The highest BCUT2D eigenvalue weighted by molar-refractivity contribution is 7.11. The fourth-order valence-corrected chi connectivity index (χ4v) is 2.72. The number of anilines is 1. The van der Waals surface area contributed by atoms with Gasteiger partial charge in [0, 0.05) is 26.0 Å². The van der Waals surface area contributed by atoms with Gasteiger partial charge in [-0.15, -0.1) is 11.3 Å². The smallest absolute Gasteiger partial charge is 0.306 e. The number of thiophene rings is 1. The average Bonchev–Trinajstić information content (AvgIpc) is 3.12. The van der Waals surface area contributed by atoms with E-state index in [-0.39, 0.29) is 5.56 Å². The topological polar surface area (TPSA) is 86.2 Å². The highest BCUT2D eigenvalue weighted by atomic mass is 32.1. The maximum Gasteiger partial charge on any atom is 0.332 e. The average molecular weight is 318 g/mol. The highest BCUT2D eigenvalue weighted by Crippen LogP contribution is 2.13. The number of nitrogens with one attached hydrogen (secondary N) is 1. The maximum absolute atomic E-state index is 12.2. The molecule has 0 aliphatic heterocycles. The molecule has 0 aliphatic rings. The Morgan fingerprint density at radius 1 is 1.23 bits per heavy atom. The monoisotopic (exact) mass is 318 g/mol. The van der Waals surface area contributed by atoms with Crippen molar-refractivity contribution in [2.24, 2.45) is 26.2 Å². The predicted octanol–water partition coefficient (Wildman–Crippen LogP) is 0.478. The Balaban J connectivity index is 2.07. The van der Waals surface area contributed by atoms with Gasteiger partial charge in [-0.05, 0) is 11.4 Å². The highest BCUT2D eigenvalue weighted by Gasteiger charge is 2.16. The summed E-state index contributed by atoms with van der Waals surface area (Å²) in [6.07, 6.45) is 1.67. The number of hydrogen-bond acceptors (Lipinski definition) is 6. The molecule has 22 heavy (non-hydrogen) atoms. The Morgan fingerprint density at radius 3 is 2.68 bits per heavy atom. The van der Waals surface area contributed by atoms with Gasteiger partial charge >= 0.3 is 5.69 Å². The van der Waals surface area contributed by atoms with Crippen LogP contribution >= 0.6 is 11.3 Å². The van der Waals surface area contributed by atoms with Crippen LogP contribution in [0, 0.1) is 0 Å². The summed E-state index contributed by atoms with van der Waals surface area (Å²) in [4.78, 5) is 29.4. The summed E-state index contributed by atoms with van der Waals surface area (Å²) in [5, 5.41) is 6.05. The molecule has 0 radical (unpaired) electrons. The quantitative estimate of drug-likeness (QED) is 0.562. The summed E-state index contributed by atoms with van der Waals surface area (Å²) in [7, 11) is 4.72. The molecule has 0 aromatic carbocycles. The van der Waals surface area contributed by atoms with E-state index in [1.807, 2.05) is 17.5 Å². The van der Waals surface area contributed by atoms with Crippen molar-refractivity contribution >= 4 is 34.7 Å². The number of hydrazone groups is 1. The van der Waals surface area contributed by atoms with Gasteiger partial charge in [0.05, 0.1) is 6.21 Å². The number of fused-ring (bicyclic) bond motifs is 1. The van der Waals surface area contributed by atoms with Crippen LogP contribution in [0.15, 0.2) is 32.2 Å². The van der Waals surface area contributed by atoms with Crippen LogP contribution < -0.4 is 16.7 Å². The molecule has 3 heterocycles. The standard InChI is InChI=1S/C13H14N6O2S/c1-17-9-10(18(2)13(21)19(3)11(9)20)15-12(17)16-14-7-8-5-4-6-22-8/h4-7H,1-3H3,(H,15,16). The minimum Gasteiger partial charge on any atom is -0.306 e. The fraction of sp³-hybridized carbons (Fsp3) is 0.231. The maximum atomic E-state index is 12.2. The van der Waals surface area contributed by atoms with E-state index in [4.69, 9.17) is 0 Å². The third kappa shape index (κ3) is 2.15. The minimum absolute atomic E-state index is 0.324. The van der Waals surface area contributed by atoms with Crippen molar-refractivity contribution in [1.82, 2.24) is 18.7 Å². The predicted molar refractivity (Wildman–Crippen MR) is 86.7 cm³/mol. The first-order chi connectivity index (χ1) is 10.5. The van der Waals surface area contributed by atoms with E-state index in [0.29, 0.717) is 17.1 Å². The molecule has 114 valence electrons. The molecule has 0 spiro atoms. The molecule has 0 fully saturated rings. The van der Waals surface area contributed by atoms with Crippen LogP contribution in [0.1, 0.15) is 4.88 Å². The van der Waals surface area contributed by atoms with Gasteiger partial charge in [-0.25, -0.2) is 10.2 Å². The van der Waals surface area contributed by atoms with E-state index in [1.165, 1.54) is 11.6 Å². The Labute approximate surface area is 129 Å². The third-order valence-corrected chi connectivity index (χ3v) is 4.18. The van der Waals surface area contributed by atoms with Gasteiger partial charge in [-0.2, -0.15) is 10.1 Å². The molecule has 0 bridgehead atoms. The third-order valence-electron chi connectivity index (χ3n) is 3.38. The molecule has 0 aliphatic carbocycles. The summed E-state index contributed by atoms with van der Waals surface area (Å²) in [5.41, 5.74) is 2.67. The van der Waals surface area contributed by atoms with Crippen molar-refractivity contribution in [1.29, 1.82) is 0 Å². The van der Waals surface area contributed by atoms with Crippen molar-refractivity contribution in [2.75, 3.05) is 5.43 Å². The number of aromatic nitrogens is 4. The zero-order chi connectivity index (χ0) is 15.9. The van der Waals surface area contributed by atoms with Gasteiger partial charge in [-0.1, -0.05) is 6.07 Å². The molecule has 3 rings (SSSR count). The Bertz CT molecular complexity index is 977. The van der Waals surface area contributed by atoms with E-state index in [9.17, 15) is 9.59 Å².